The van der Waals surface area contributed by atoms with Gasteiger partial charge in [0, 0.05) is 19.3 Å². The molecule has 53 heavy (non-hydrogen) atoms. The Balaban J connectivity index is 4.44. The van der Waals surface area contributed by atoms with Crippen LogP contribution in [0.15, 0.2) is 85.1 Å². The lowest BCUT2D eigenvalue weighted by molar-refractivity contribution is -0.887. The second kappa shape index (κ2) is 35.5. The quantitative estimate of drug-likeness (QED) is 0.0303. The highest BCUT2D eigenvalue weighted by Crippen LogP contribution is 2.11. The van der Waals surface area contributed by atoms with Gasteiger partial charge < -0.3 is 23.8 Å². The van der Waals surface area contributed by atoms with E-state index in [0.29, 0.717) is 12.8 Å². The van der Waals surface area contributed by atoms with Crippen LogP contribution in [0.4, 0.5) is 0 Å². The van der Waals surface area contributed by atoms with Gasteiger partial charge in [-0.15, -0.1) is 0 Å². The van der Waals surface area contributed by atoms with Crippen molar-refractivity contribution in [2.24, 2.45) is 0 Å². The zero-order valence-electron chi connectivity index (χ0n) is 33.9. The van der Waals surface area contributed by atoms with Crippen molar-refractivity contribution in [3.8, 4) is 0 Å². The van der Waals surface area contributed by atoms with Crippen molar-refractivity contribution in [2.45, 2.75) is 142 Å². The summed E-state index contributed by atoms with van der Waals surface area (Å²) in [6.45, 7) is 4.40. The van der Waals surface area contributed by atoms with E-state index < -0.39 is 18.1 Å². The molecule has 8 nitrogen and oxygen atoms in total. The zero-order valence-corrected chi connectivity index (χ0v) is 33.9. The van der Waals surface area contributed by atoms with Crippen LogP contribution in [0.1, 0.15) is 129 Å². The number of hydrogen-bond donors (Lipinski definition) is 1. The number of hydrogen-bond acceptors (Lipinski definition) is 6. The molecule has 0 fully saturated rings. The number of unbranched alkanes of at least 4 members (excludes halogenated alkanes) is 6. The van der Waals surface area contributed by atoms with E-state index in [-0.39, 0.29) is 42.7 Å². The predicted octanol–water partition coefficient (Wildman–Crippen LogP) is 10.6. The van der Waals surface area contributed by atoms with Gasteiger partial charge in [-0.25, -0.2) is 4.79 Å². The molecule has 0 aromatic heterocycles. The van der Waals surface area contributed by atoms with Crippen LogP contribution in [0, 0.1) is 0 Å². The molecule has 0 aliphatic carbocycles. The molecule has 0 rings (SSSR count). The Morgan fingerprint density at radius 1 is 0.566 bits per heavy atom. The van der Waals surface area contributed by atoms with Gasteiger partial charge in [0.25, 0.3) is 0 Å². The van der Waals surface area contributed by atoms with Gasteiger partial charge in [0.1, 0.15) is 6.61 Å². The minimum absolute atomic E-state index is 0.0347. The van der Waals surface area contributed by atoms with E-state index in [2.05, 4.69) is 98.9 Å². The molecule has 0 aliphatic rings. The summed E-state index contributed by atoms with van der Waals surface area (Å²) in [5.41, 5.74) is 0. The van der Waals surface area contributed by atoms with Gasteiger partial charge in [-0.3, -0.25) is 9.59 Å². The maximum atomic E-state index is 12.7. The lowest BCUT2D eigenvalue weighted by Crippen LogP contribution is -2.50. The average Bonchev–Trinajstić information content (AvgIpc) is 3.11. The molecule has 0 saturated carbocycles. The number of esters is 2. The number of nitrogens with zero attached hydrogens (tertiary/aromatic N) is 1. The number of ether oxygens (including phenoxy) is 3. The summed E-state index contributed by atoms with van der Waals surface area (Å²) in [6.07, 6.45) is 45.0. The van der Waals surface area contributed by atoms with Crippen LogP contribution in [0.5, 0.6) is 0 Å². The number of carboxylic acids is 1. The fourth-order valence-corrected chi connectivity index (χ4v) is 5.21. The van der Waals surface area contributed by atoms with Crippen molar-refractivity contribution < 1.29 is 38.2 Å². The van der Waals surface area contributed by atoms with Crippen molar-refractivity contribution in [1.82, 2.24) is 0 Å². The van der Waals surface area contributed by atoms with Crippen molar-refractivity contribution >= 4 is 17.9 Å². The fourth-order valence-electron chi connectivity index (χ4n) is 5.21. The van der Waals surface area contributed by atoms with Crippen LogP contribution < -0.4 is 0 Å². The zero-order chi connectivity index (χ0) is 39.3. The molecular weight excluding hydrogens is 666 g/mol. The van der Waals surface area contributed by atoms with Gasteiger partial charge in [0.15, 0.2) is 12.1 Å². The maximum absolute atomic E-state index is 12.7. The van der Waals surface area contributed by atoms with Gasteiger partial charge >= 0.3 is 17.9 Å². The van der Waals surface area contributed by atoms with Crippen LogP contribution in [0.25, 0.3) is 0 Å². The third kappa shape index (κ3) is 34.1. The molecule has 0 aliphatic heterocycles. The Morgan fingerprint density at radius 3 is 1.49 bits per heavy atom. The molecule has 0 heterocycles. The van der Waals surface area contributed by atoms with E-state index in [1.807, 2.05) is 21.1 Å². The SMILES string of the molecule is CC/C=C/C/C=C/C/C=C/C/C=C/C/C=C/CCCCCCC(=O)OC(COCCC(C(=O)O)[N+](C)(C)C)COC(=O)CCCC/C=C/C/C=C/CC. The lowest BCUT2D eigenvalue weighted by atomic mass is 10.1. The van der Waals surface area contributed by atoms with Gasteiger partial charge in [-0.1, -0.05) is 112 Å². The first-order valence-electron chi connectivity index (χ1n) is 20.1. The first-order chi connectivity index (χ1) is 25.6. The monoisotopic (exact) mass is 741 g/mol. The number of carbonyl (C=O) groups excluding carboxylic acids is 2. The first kappa shape index (κ1) is 49.5. The molecule has 0 amide bonds. The highest BCUT2D eigenvalue weighted by atomic mass is 16.6. The molecular formula is C45H74NO7+. The summed E-state index contributed by atoms with van der Waals surface area (Å²) in [5, 5.41) is 9.59. The van der Waals surface area contributed by atoms with Crippen LogP contribution in [0.3, 0.4) is 0 Å². The Labute approximate surface area is 323 Å². The van der Waals surface area contributed by atoms with E-state index in [9.17, 15) is 19.5 Å². The van der Waals surface area contributed by atoms with Gasteiger partial charge in [0.05, 0.1) is 34.4 Å². The molecule has 0 spiro atoms. The normalized spacial score (nSPS) is 13.9. The Hall–Kier alpha value is -3.49. The molecule has 0 bridgehead atoms. The number of aliphatic carboxylic acids is 1. The number of likely N-dealkylation sites (N-methyl/N-ethyl adjacent to an activating group) is 1. The summed E-state index contributed by atoms with van der Waals surface area (Å²) >= 11 is 0. The van der Waals surface area contributed by atoms with Gasteiger partial charge in [-0.2, -0.15) is 0 Å². The number of rotatable bonds is 34. The summed E-state index contributed by atoms with van der Waals surface area (Å²) in [7, 11) is 5.49. The van der Waals surface area contributed by atoms with Crippen LogP contribution >= 0.6 is 0 Å². The molecule has 0 aromatic carbocycles. The number of carboxylic acid groups (broad SMARTS) is 1. The minimum atomic E-state index is -0.889. The molecule has 0 radical (unpaired) electrons. The van der Waals surface area contributed by atoms with E-state index >= 15 is 0 Å². The Kier molecular flexibility index (Phi) is 33.2. The van der Waals surface area contributed by atoms with E-state index in [1.54, 1.807) is 0 Å². The standard InChI is InChI=1S/C45H73NO7/c1-6-8-10-12-14-16-17-18-19-20-21-22-23-24-25-26-28-30-32-34-36-44(48)53-41(39-51-38-37-42(45(49)50)46(3,4)5)40-52-43(47)35-33-31-29-27-15-13-11-9-7-2/h8-11,14-16,18-19,21-22,24-25,27,41-42H,6-7,12-13,17,20,23,26,28-40H2,1-5H3/p+1/b10-8+,11-9+,16-14+,19-18+,22-21+,25-24+,27-15+. The van der Waals surface area contributed by atoms with Gasteiger partial charge in [-0.05, 0) is 83.5 Å². The summed E-state index contributed by atoms with van der Waals surface area (Å²) in [5.74, 6) is -1.56. The van der Waals surface area contributed by atoms with Crippen molar-refractivity contribution in [2.75, 3.05) is 41.0 Å². The predicted molar refractivity (Wildman–Crippen MR) is 220 cm³/mol. The van der Waals surface area contributed by atoms with Crippen LogP contribution in [0.2, 0.25) is 0 Å². The Morgan fingerprint density at radius 2 is 1.00 bits per heavy atom. The topological polar surface area (TPSA) is 99.1 Å². The van der Waals surface area contributed by atoms with Crippen LogP contribution in [-0.2, 0) is 28.6 Å². The summed E-state index contributed by atoms with van der Waals surface area (Å²) in [4.78, 5) is 36.8. The molecule has 2 unspecified atom stereocenters. The molecule has 8 heteroatoms. The average molecular weight is 741 g/mol. The highest BCUT2D eigenvalue weighted by molar-refractivity contribution is 5.72. The highest BCUT2D eigenvalue weighted by Gasteiger charge is 2.31. The number of carbonyl (C=O) groups is 3. The largest absolute Gasteiger partial charge is 0.477 e. The van der Waals surface area contributed by atoms with Crippen molar-refractivity contribution in [3.63, 3.8) is 0 Å². The number of allylic oxidation sites excluding steroid dienone is 14. The fraction of sp³-hybridized carbons (Fsp3) is 0.622. The summed E-state index contributed by atoms with van der Waals surface area (Å²) < 4.78 is 17.1. The van der Waals surface area contributed by atoms with E-state index in [1.165, 1.54) is 0 Å². The second-order valence-corrected chi connectivity index (χ2v) is 14.1. The smallest absolute Gasteiger partial charge is 0.362 e. The van der Waals surface area contributed by atoms with Gasteiger partial charge in [0.2, 0.25) is 0 Å². The van der Waals surface area contributed by atoms with E-state index in [0.717, 1.165) is 96.3 Å². The minimum Gasteiger partial charge on any atom is -0.477 e. The second-order valence-electron chi connectivity index (χ2n) is 14.1. The van der Waals surface area contributed by atoms with E-state index in [4.69, 9.17) is 14.2 Å². The molecule has 300 valence electrons. The first-order valence-corrected chi connectivity index (χ1v) is 20.1. The molecule has 0 saturated heterocycles. The molecule has 0 aromatic rings. The van der Waals surface area contributed by atoms with Crippen molar-refractivity contribution in [1.29, 1.82) is 0 Å². The third-order valence-corrected chi connectivity index (χ3v) is 8.29. The van der Waals surface area contributed by atoms with Crippen LogP contribution in [-0.4, -0.2) is 80.6 Å². The molecule has 2 atom stereocenters. The Bertz CT molecular complexity index is 1140. The van der Waals surface area contributed by atoms with Crippen molar-refractivity contribution in [3.05, 3.63) is 85.1 Å². The molecule has 1 N–H and O–H groups in total. The lowest BCUT2D eigenvalue weighted by Gasteiger charge is -2.31. The maximum Gasteiger partial charge on any atom is 0.362 e. The summed E-state index contributed by atoms with van der Waals surface area (Å²) in [6, 6.07) is -0.627. The number of quaternary nitrogens is 1. The third-order valence-electron chi connectivity index (χ3n) is 8.29.